The molecular formula is C23H27N3. The van der Waals surface area contributed by atoms with Crippen LogP contribution in [0, 0.1) is 5.92 Å². The van der Waals surface area contributed by atoms with Crippen molar-refractivity contribution < 1.29 is 0 Å². The predicted octanol–water partition coefficient (Wildman–Crippen LogP) is 5.00. The summed E-state index contributed by atoms with van der Waals surface area (Å²) in [5, 5.41) is 4.97. The Morgan fingerprint density at radius 3 is 2.65 bits per heavy atom. The topological polar surface area (TPSA) is 21.1 Å². The molecule has 1 aromatic heterocycles. The zero-order valence-electron chi connectivity index (χ0n) is 15.5. The van der Waals surface area contributed by atoms with Gasteiger partial charge in [0, 0.05) is 23.9 Å². The molecule has 1 unspecified atom stereocenters. The van der Waals surface area contributed by atoms with Crippen LogP contribution in [0.2, 0.25) is 0 Å². The van der Waals surface area contributed by atoms with E-state index in [-0.39, 0.29) is 0 Å². The van der Waals surface area contributed by atoms with Crippen LogP contribution in [0.25, 0.3) is 11.3 Å². The fourth-order valence-electron chi connectivity index (χ4n) is 3.71. The van der Waals surface area contributed by atoms with Crippen molar-refractivity contribution in [3.05, 3.63) is 78.2 Å². The van der Waals surface area contributed by atoms with E-state index in [9.17, 15) is 0 Å². The molecule has 1 aliphatic carbocycles. The van der Waals surface area contributed by atoms with Gasteiger partial charge in [0.1, 0.15) is 0 Å². The summed E-state index contributed by atoms with van der Waals surface area (Å²) in [5.74, 6) is 0.463. The Labute approximate surface area is 156 Å². The molecule has 2 heterocycles. The highest BCUT2D eigenvalue weighted by molar-refractivity contribution is 5.75. The van der Waals surface area contributed by atoms with Gasteiger partial charge in [-0.25, -0.2) is 4.68 Å². The standard InChI is InChI=1S/C23H27N3/c1-19-9-8-10-20(14-13-19)23-21(17-25-15-6-3-7-16-25)18-26(24-23)22-11-4-2-5-12-22/h2,4-5,8-14,18-19H,3,6-7,15-17H2,1H3. The maximum atomic E-state index is 4.97. The van der Waals surface area contributed by atoms with Crippen LogP contribution in [0.4, 0.5) is 0 Å². The minimum atomic E-state index is 0.463. The average molecular weight is 345 g/mol. The molecule has 0 radical (unpaired) electrons. The van der Waals surface area contributed by atoms with Gasteiger partial charge in [0.15, 0.2) is 0 Å². The Morgan fingerprint density at radius 2 is 1.85 bits per heavy atom. The molecule has 2 aromatic rings. The van der Waals surface area contributed by atoms with Gasteiger partial charge in [-0.3, -0.25) is 4.90 Å². The Hall–Kier alpha value is -2.39. The van der Waals surface area contributed by atoms with E-state index in [0.717, 1.165) is 17.9 Å². The maximum Gasteiger partial charge on any atom is 0.0972 e. The van der Waals surface area contributed by atoms with Crippen molar-refractivity contribution in [3.8, 4) is 5.69 Å². The molecule has 0 amide bonds. The first-order valence-corrected chi connectivity index (χ1v) is 9.73. The van der Waals surface area contributed by atoms with Crippen molar-refractivity contribution in [2.24, 2.45) is 5.92 Å². The predicted molar refractivity (Wildman–Crippen MR) is 108 cm³/mol. The van der Waals surface area contributed by atoms with E-state index in [1.54, 1.807) is 0 Å². The first-order valence-electron chi connectivity index (χ1n) is 9.73. The maximum absolute atomic E-state index is 4.97. The summed E-state index contributed by atoms with van der Waals surface area (Å²) in [5.41, 5.74) is 4.73. The summed E-state index contributed by atoms with van der Waals surface area (Å²) in [4.78, 5) is 2.57. The minimum Gasteiger partial charge on any atom is -0.299 e. The molecule has 1 saturated heterocycles. The van der Waals surface area contributed by atoms with Crippen LogP contribution >= 0.6 is 0 Å². The van der Waals surface area contributed by atoms with Gasteiger partial charge in [0.25, 0.3) is 0 Å². The average Bonchev–Trinajstić information content (AvgIpc) is 2.97. The van der Waals surface area contributed by atoms with Gasteiger partial charge in [-0.05, 0) is 44.0 Å². The zero-order chi connectivity index (χ0) is 17.8. The van der Waals surface area contributed by atoms with Crippen molar-refractivity contribution >= 4 is 5.57 Å². The molecule has 26 heavy (non-hydrogen) atoms. The third-order valence-electron chi connectivity index (χ3n) is 5.20. The van der Waals surface area contributed by atoms with Crippen LogP contribution in [-0.2, 0) is 6.54 Å². The molecule has 1 aliphatic heterocycles. The largest absolute Gasteiger partial charge is 0.299 e. The highest BCUT2D eigenvalue weighted by Gasteiger charge is 2.18. The fourth-order valence-corrected chi connectivity index (χ4v) is 3.71. The highest BCUT2D eigenvalue weighted by atomic mass is 15.3. The van der Waals surface area contributed by atoms with Crippen molar-refractivity contribution in [2.45, 2.75) is 32.7 Å². The molecule has 134 valence electrons. The van der Waals surface area contributed by atoms with Gasteiger partial charge in [-0.15, -0.1) is 0 Å². The quantitative estimate of drug-likeness (QED) is 0.777. The molecule has 0 saturated carbocycles. The normalized spacial score (nSPS) is 20.8. The summed E-state index contributed by atoms with van der Waals surface area (Å²) < 4.78 is 2.03. The third-order valence-corrected chi connectivity index (χ3v) is 5.20. The number of nitrogens with zero attached hydrogens (tertiary/aromatic N) is 3. The van der Waals surface area contributed by atoms with E-state index in [2.05, 4.69) is 72.7 Å². The summed E-state index contributed by atoms with van der Waals surface area (Å²) in [6.45, 7) is 5.58. The third kappa shape index (κ3) is 3.88. The lowest BCUT2D eigenvalue weighted by Crippen LogP contribution is -2.29. The Kier molecular flexibility index (Phi) is 5.16. The second kappa shape index (κ2) is 7.88. The summed E-state index contributed by atoms with van der Waals surface area (Å²) in [7, 11) is 0. The Bertz CT molecular complexity index is 820. The molecule has 3 nitrogen and oxygen atoms in total. The Balaban J connectivity index is 1.70. The van der Waals surface area contributed by atoms with Gasteiger partial charge in [-0.2, -0.15) is 5.10 Å². The van der Waals surface area contributed by atoms with E-state index >= 15 is 0 Å². The first-order chi connectivity index (χ1) is 12.8. The van der Waals surface area contributed by atoms with Gasteiger partial charge < -0.3 is 0 Å². The molecular weight excluding hydrogens is 318 g/mol. The lowest BCUT2D eigenvalue weighted by Gasteiger charge is -2.26. The summed E-state index contributed by atoms with van der Waals surface area (Å²) >= 11 is 0. The van der Waals surface area contributed by atoms with Gasteiger partial charge in [0.05, 0.1) is 11.4 Å². The molecule has 1 atom stereocenters. The van der Waals surface area contributed by atoms with E-state index < -0.39 is 0 Å². The number of benzene rings is 1. The lowest BCUT2D eigenvalue weighted by atomic mass is 10.1. The van der Waals surface area contributed by atoms with Crippen LogP contribution < -0.4 is 0 Å². The molecule has 0 spiro atoms. The SMILES string of the molecule is CC1C=CC=C(c2nn(-c3ccccc3)cc2CN2CCCCC2)C=C1. The monoisotopic (exact) mass is 345 g/mol. The molecule has 1 aromatic carbocycles. The summed E-state index contributed by atoms with van der Waals surface area (Å²) in [6.07, 6.45) is 17.3. The molecule has 3 heteroatoms. The number of rotatable bonds is 4. The minimum absolute atomic E-state index is 0.463. The van der Waals surface area contributed by atoms with Crippen LogP contribution in [-0.4, -0.2) is 27.8 Å². The molecule has 0 bridgehead atoms. The number of allylic oxidation sites excluding steroid dienone is 6. The fraction of sp³-hybridized carbons (Fsp3) is 0.348. The van der Waals surface area contributed by atoms with Crippen LogP contribution in [0.5, 0.6) is 0 Å². The van der Waals surface area contributed by atoms with Crippen LogP contribution in [0.1, 0.15) is 37.4 Å². The van der Waals surface area contributed by atoms with E-state index in [4.69, 9.17) is 5.10 Å². The van der Waals surface area contributed by atoms with Crippen LogP contribution in [0.3, 0.4) is 0 Å². The summed E-state index contributed by atoms with van der Waals surface area (Å²) in [6, 6.07) is 10.4. The van der Waals surface area contributed by atoms with Crippen molar-refractivity contribution in [3.63, 3.8) is 0 Å². The van der Waals surface area contributed by atoms with E-state index in [0.29, 0.717) is 5.92 Å². The second-order valence-corrected chi connectivity index (χ2v) is 7.35. The molecule has 0 N–H and O–H groups in total. The van der Waals surface area contributed by atoms with Gasteiger partial charge in [-0.1, -0.05) is 61.9 Å². The molecule has 1 fully saturated rings. The second-order valence-electron chi connectivity index (χ2n) is 7.35. The number of hydrogen-bond acceptors (Lipinski definition) is 2. The number of aromatic nitrogens is 2. The lowest BCUT2D eigenvalue weighted by molar-refractivity contribution is 0.221. The van der Waals surface area contributed by atoms with Gasteiger partial charge in [0.2, 0.25) is 0 Å². The van der Waals surface area contributed by atoms with Gasteiger partial charge >= 0.3 is 0 Å². The number of likely N-dealkylation sites (tertiary alicyclic amines) is 1. The number of para-hydroxylation sites is 1. The first kappa shape index (κ1) is 17.0. The smallest absolute Gasteiger partial charge is 0.0972 e. The Morgan fingerprint density at radius 1 is 1.04 bits per heavy atom. The van der Waals surface area contributed by atoms with E-state index in [1.807, 2.05) is 10.7 Å². The van der Waals surface area contributed by atoms with E-state index in [1.165, 1.54) is 43.5 Å². The van der Waals surface area contributed by atoms with Crippen molar-refractivity contribution in [2.75, 3.05) is 13.1 Å². The molecule has 2 aliphatic rings. The number of hydrogen-bond donors (Lipinski definition) is 0. The highest BCUT2D eigenvalue weighted by Crippen LogP contribution is 2.25. The molecule has 4 rings (SSSR count). The van der Waals surface area contributed by atoms with Crippen molar-refractivity contribution in [1.29, 1.82) is 0 Å². The van der Waals surface area contributed by atoms with Crippen LogP contribution in [0.15, 0.2) is 66.9 Å². The zero-order valence-corrected chi connectivity index (χ0v) is 15.5. The van der Waals surface area contributed by atoms with Crippen molar-refractivity contribution in [1.82, 2.24) is 14.7 Å². The number of piperidine rings is 1.